The molecule has 1 N–H and O–H groups in total. The van der Waals surface area contributed by atoms with Crippen LogP contribution in [0.2, 0.25) is 0 Å². The van der Waals surface area contributed by atoms with Crippen LogP contribution in [0.3, 0.4) is 0 Å². The molecule has 1 aliphatic heterocycles. The van der Waals surface area contributed by atoms with E-state index in [1.54, 1.807) is 12.1 Å². The molecule has 3 atom stereocenters. The summed E-state index contributed by atoms with van der Waals surface area (Å²) in [6.07, 6.45) is 7.13. The van der Waals surface area contributed by atoms with Crippen LogP contribution < -0.4 is 10.4 Å². The van der Waals surface area contributed by atoms with E-state index in [4.69, 9.17) is 0 Å². The number of carboxylic acid groups (broad SMARTS) is 1. The van der Waals surface area contributed by atoms with Crippen molar-refractivity contribution < 1.29 is 9.90 Å². The minimum atomic E-state index is -1.13. The van der Waals surface area contributed by atoms with Crippen LogP contribution in [0.15, 0.2) is 54.7 Å². The molecule has 3 unspecified atom stereocenters. The molecular weight excluding hydrogens is 276 g/mol. The van der Waals surface area contributed by atoms with E-state index in [0.29, 0.717) is 5.92 Å². The summed E-state index contributed by atoms with van der Waals surface area (Å²) < 4.78 is 0. The maximum absolute atomic E-state index is 11.1. The van der Waals surface area contributed by atoms with Crippen LogP contribution in [0.25, 0.3) is 0 Å². The number of nitrogens with one attached hydrogen (secondary N) is 1. The lowest BCUT2D eigenvalue weighted by atomic mass is 9.78. The number of nitrogens with zero attached hydrogens (tertiary/aromatic N) is 1. The van der Waals surface area contributed by atoms with Gasteiger partial charge in [0.25, 0.3) is 0 Å². The Balaban J connectivity index is 1.79. The van der Waals surface area contributed by atoms with Crippen molar-refractivity contribution in [2.24, 2.45) is 5.92 Å². The highest BCUT2D eigenvalue weighted by Crippen LogP contribution is 2.49. The second kappa shape index (κ2) is 4.98. The molecule has 4 nitrogen and oxygen atoms in total. The zero-order valence-corrected chi connectivity index (χ0v) is 11.9. The van der Waals surface area contributed by atoms with Gasteiger partial charge in [0.1, 0.15) is 0 Å². The molecule has 0 bridgehead atoms. The number of hydrogen-bond donors (Lipinski definition) is 1. The molecule has 1 aliphatic carbocycles. The van der Waals surface area contributed by atoms with E-state index in [1.807, 2.05) is 30.5 Å². The summed E-state index contributed by atoms with van der Waals surface area (Å²) in [4.78, 5) is 15.6. The summed E-state index contributed by atoms with van der Waals surface area (Å²) in [5, 5.41) is 14.6. The van der Waals surface area contributed by atoms with Gasteiger partial charge in [0.05, 0.1) is 17.7 Å². The molecule has 0 saturated heterocycles. The van der Waals surface area contributed by atoms with E-state index >= 15 is 0 Å². The molecule has 2 heterocycles. The predicted octanol–water partition coefficient (Wildman–Crippen LogP) is 2.27. The zero-order valence-electron chi connectivity index (χ0n) is 11.9. The largest absolute Gasteiger partial charge is 0.545 e. The van der Waals surface area contributed by atoms with Crippen LogP contribution in [0.4, 0.5) is 5.69 Å². The maximum Gasteiger partial charge on any atom is 0.0725 e. The number of carboxylic acids is 1. The molecule has 22 heavy (non-hydrogen) atoms. The summed E-state index contributed by atoms with van der Waals surface area (Å²) in [6.45, 7) is 0. The third-order valence-corrected chi connectivity index (χ3v) is 4.60. The molecular formula is C18H15N2O2-. The van der Waals surface area contributed by atoms with Crippen molar-refractivity contribution in [2.45, 2.75) is 18.4 Å². The van der Waals surface area contributed by atoms with E-state index in [1.165, 1.54) is 0 Å². The highest BCUT2D eigenvalue weighted by molar-refractivity contribution is 5.87. The third-order valence-electron chi connectivity index (χ3n) is 4.60. The quantitative estimate of drug-likeness (QED) is 0.862. The summed E-state index contributed by atoms with van der Waals surface area (Å²) in [6, 6.07) is 11.2. The minimum absolute atomic E-state index is 0.141. The molecule has 2 aromatic rings. The van der Waals surface area contributed by atoms with Crippen molar-refractivity contribution in [1.29, 1.82) is 0 Å². The summed E-state index contributed by atoms with van der Waals surface area (Å²) >= 11 is 0. The number of hydrogen-bond acceptors (Lipinski definition) is 4. The van der Waals surface area contributed by atoms with Crippen molar-refractivity contribution in [1.82, 2.24) is 4.98 Å². The van der Waals surface area contributed by atoms with E-state index in [0.717, 1.165) is 23.4 Å². The molecule has 0 fully saturated rings. The topological polar surface area (TPSA) is 65.0 Å². The van der Waals surface area contributed by atoms with Crippen LogP contribution in [0.1, 0.15) is 40.0 Å². The first-order chi connectivity index (χ1) is 10.7. The molecule has 1 aromatic heterocycles. The van der Waals surface area contributed by atoms with Gasteiger partial charge in [-0.15, -0.1) is 0 Å². The van der Waals surface area contributed by atoms with Gasteiger partial charge in [0, 0.05) is 17.8 Å². The number of aromatic carboxylic acids is 1. The van der Waals surface area contributed by atoms with E-state index < -0.39 is 5.97 Å². The van der Waals surface area contributed by atoms with Crippen molar-refractivity contribution in [2.75, 3.05) is 5.32 Å². The number of fused-ring (bicyclic) bond motifs is 3. The SMILES string of the molecule is O=C([O-])c1ccc2c(c1)C1C=CCC1C(c1ccccn1)N2. The van der Waals surface area contributed by atoms with Crippen molar-refractivity contribution in [3.8, 4) is 0 Å². The lowest BCUT2D eigenvalue weighted by molar-refractivity contribution is -0.255. The Morgan fingerprint density at radius 3 is 2.95 bits per heavy atom. The van der Waals surface area contributed by atoms with Crippen molar-refractivity contribution >= 4 is 11.7 Å². The van der Waals surface area contributed by atoms with Gasteiger partial charge in [0.2, 0.25) is 0 Å². The summed E-state index contributed by atoms with van der Waals surface area (Å²) in [5.41, 5.74) is 3.27. The fourth-order valence-electron chi connectivity index (χ4n) is 3.57. The molecule has 110 valence electrons. The number of aromatic nitrogens is 1. The third kappa shape index (κ3) is 1.99. The number of carbonyl (C=O) groups excluding carboxylic acids is 1. The van der Waals surface area contributed by atoms with Gasteiger partial charge in [-0.2, -0.15) is 0 Å². The van der Waals surface area contributed by atoms with Gasteiger partial charge in [-0.25, -0.2) is 0 Å². The number of benzene rings is 1. The molecule has 2 aliphatic rings. The predicted molar refractivity (Wildman–Crippen MR) is 81.4 cm³/mol. The normalized spacial score (nSPS) is 25.2. The lowest BCUT2D eigenvalue weighted by Crippen LogP contribution is -2.30. The Morgan fingerprint density at radius 2 is 2.18 bits per heavy atom. The summed E-state index contributed by atoms with van der Waals surface area (Å²) in [5.74, 6) is -0.546. The smallest absolute Gasteiger partial charge is 0.0725 e. The molecule has 0 radical (unpaired) electrons. The Kier molecular flexibility index (Phi) is 2.96. The van der Waals surface area contributed by atoms with Gasteiger partial charge in [-0.05, 0) is 47.7 Å². The Bertz CT molecular complexity index is 755. The van der Waals surface area contributed by atoms with Crippen LogP contribution in [-0.2, 0) is 0 Å². The average Bonchev–Trinajstić information content (AvgIpc) is 3.04. The first-order valence-electron chi connectivity index (χ1n) is 7.43. The number of allylic oxidation sites excluding steroid dienone is 2. The fourth-order valence-corrected chi connectivity index (χ4v) is 3.57. The lowest BCUT2D eigenvalue weighted by Gasteiger charge is -2.37. The average molecular weight is 291 g/mol. The molecule has 0 spiro atoms. The van der Waals surface area contributed by atoms with Crippen molar-refractivity contribution in [3.63, 3.8) is 0 Å². The van der Waals surface area contributed by atoms with Gasteiger partial charge in [-0.1, -0.05) is 24.3 Å². The highest BCUT2D eigenvalue weighted by Gasteiger charge is 2.38. The zero-order chi connectivity index (χ0) is 15.1. The summed E-state index contributed by atoms with van der Waals surface area (Å²) in [7, 11) is 0. The first-order valence-corrected chi connectivity index (χ1v) is 7.43. The van der Waals surface area contributed by atoms with Crippen LogP contribution in [-0.4, -0.2) is 11.0 Å². The molecule has 0 amide bonds. The maximum atomic E-state index is 11.1. The second-order valence-electron chi connectivity index (χ2n) is 5.82. The molecule has 4 heteroatoms. The number of rotatable bonds is 2. The van der Waals surface area contributed by atoms with Gasteiger partial charge in [-0.3, -0.25) is 4.98 Å². The van der Waals surface area contributed by atoms with Crippen LogP contribution >= 0.6 is 0 Å². The Hall–Kier alpha value is -2.62. The molecule has 1 aromatic carbocycles. The number of carbonyl (C=O) groups is 1. The standard InChI is InChI=1S/C18H16N2O2/c21-18(22)11-7-8-15-14(10-11)12-4-3-5-13(12)17(20-15)16-6-1-2-9-19-16/h1-4,6-10,12-13,17,20H,5H2,(H,21,22)/p-1. The minimum Gasteiger partial charge on any atom is -0.545 e. The van der Waals surface area contributed by atoms with E-state index in [9.17, 15) is 9.90 Å². The van der Waals surface area contributed by atoms with Crippen LogP contribution in [0.5, 0.6) is 0 Å². The fraction of sp³-hybridized carbons (Fsp3) is 0.222. The molecule has 4 rings (SSSR count). The Morgan fingerprint density at radius 1 is 1.27 bits per heavy atom. The highest BCUT2D eigenvalue weighted by atomic mass is 16.4. The number of anilines is 1. The van der Waals surface area contributed by atoms with E-state index in [2.05, 4.69) is 22.5 Å². The van der Waals surface area contributed by atoms with Crippen molar-refractivity contribution in [3.05, 3.63) is 71.6 Å². The first kappa shape index (κ1) is 13.1. The molecule has 0 saturated carbocycles. The van der Waals surface area contributed by atoms with Gasteiger partial charge < -0.3 is 15.2 Å². The Labute approximate surface area is 128 Å². The van der Waals surface area contributed by atoms with Crippen LogP contribution in [0, 0.1) is 5.92 Å². The number of pyridine rings is 1. The monoisotopic (exact) mass is 291 g/mol. The van der Waals surface area contributed by atoms with Gasteiger partial charge >= 0.3 is 0 Å². The van der Waals surface area contributed by atoms with Gasteiger partial charge in [0.15, 0.2) is 0 Å². The van der Waals surface area contributed by atoms with E-state index in [-0.39, 0.29) is 17.5 Å². The second-order valence-corrected chi connectivity index (χ2v) is 5.82.